The molecule has 0 unspecified atom stereocenters. The van der Waals surface area contributed by atoms with E-state index in [9.17, 15) is 0 Å². The molecule has 0 saturated carbocycles. The average molecular weight is 484 g/mol. The van der Waals surface area contributed by atoms with Gasteiger partial charge >= 0.3 is 0 Å². The van der Waals surface area contributed by atoms with Gasteiger partial charge in [-0.15, -0.1) is 0 Å². The third-order valence-corrected chi connectivity index (χ3v) is 7.26. The molecule has 0 aliphatic heterocycles. The highest BCUT2D eigenvalue weighted by Gasteiger charge is 2.24. The molecule has 0 aliphatic carbocycles. The highest BCUT2D eigenvalue weighted by Crippen LogP contribution is 2.43. The second-order valence-corrected chi connectivity index (χ2v) is 12.1. The summed E-state index contributed by atoms with van der Waals surface area (Å²) in [7, 11) is 0. The van der Waals surface area contributed by atoms with Gasteiger partial charge in [-0.05, 0) is 80.1 Å². The van der Waals surface area contributed by atoms with Crippen LogP contribution in [0.25, 0.3) is 27.6 Å². The predicted octanol–water partition coefficient (Wildman–Crippen LogP) is 10.7. The molecule has 5 aromatic rings. The van der Waals surface area contributed by atoms with Crippen molar-refractivity contribution >= 4 is 44.7 Å². The maximum absolute atomic E-state index is 3.94. The summed E-state index contributed by atoms with van der Waals surface area (Å²) in [5, 5.41) is 4.92. The standard InChI is InChI=1S/C36H37N/c1-8-25-16-17-28-21-31(19-18-27(28)20-25)37(34-15-11-13-26-12-9-10-14-33(26)34)32-23-29(35(2,3)4)22-30(24-32)36(5,6)7/h8-24H,1H2,2-7H3. The first-order valence-electron chi connectivity index (χ1n) is 13.1. The van der Waals surface area contributed by atoms with Gasteiger partial charge in [-0.3, -0.25) is 0 Å². The first kappa shape index (κ1) is 24.8. The molecule has 0 amide bonds. The number of benzene rings is 5. The van der Waals surface area contributed by atoms with Crippen molar-refractivity contribution in [2.45, 2.75) is 52.4 Å². The number of rotatable bonds is 4. The highest BCUT2D eigenvalue weighted by atomic mass is 15.1. The number of fused-ring (bicyclic) bond motifs is 2. The molecule has 0 spiro atoms. The summed E-state index contributed by atoms with van der Waals surface area (Å²) in [6.45, 7) is 17.7. The second-order valence-electron chi connectivity index (χ2n) is 12.1. The van der Waals surface area contributed by atoms with Crippen LogP contribution in [0, 0.1) is 0 Å². The van der Waals surface area contributed by atoms with Gasteiger partial charge in [-0.2, -0.15) is 0 Å². The SMILES string of the molecule is C=Cc1ccc2cc(N(c3cc(C(C)(C)C)cc(C(C)(C)C)c3)c3cccc4ccccc34)ccc2c1. The van der Waals surface area contributed by atoms with Crippen LogP contribution in [0.3, 0.4) is 0 Å². The van der Waals surface area contributed by atoms with Crippen molar-refractivity contribution in [3.63, 3.8) is 0 Å². The van der Waals surface area contributed by atoms with Gasteiger partial charge < -0.3 is 4.90 Å². The van der Waals surface area contributed by atoms with Crippen LogP contribution in [-0.4, -0.2) is 0 Å². The summed E-state index contributed by atoms with van der Waals surface area (Å²) in [5.41, 5.74) is 7.42. The van der Waals surface area contributed by atoms with E-state index < -0.39 is 0 Å². The second kappa shape index (κ2) is 9.23. The van der Waals surface area contributed by atoms with Gasteiger partial charge in [0.05, 0.1) is 5.69 Å². The van der Waals surface area contributed by atoms with Gasteiger partial charge in [0.1, 0.15) is 0 Å². The Morgan fingerprint density at radius 1 is 0.568 bits per heavy atom. The van der Waals surface area contributed by atoms with Crippen molar-refractivity contribution in [1.82, 2.24) is 0 Å². The van der Waals surface area contributed by atoms with E-state index in [4.69, 9.17) is 0 Å². The molecular formula is C36H37N. The van der Waals surface area contributed by atoms with E-state index >= 15 is 0 Å². The fourth-order valence-electron chi connectivity index (χ4n) is 4.95. The fraction of sp³-hybridized carbons (Fsp3) is 0.222. The van der Waals surface area contributed by atoms with Crippen LogP contribution in [0.15, 0.2) is 104 Å². The number of nitrogens with zero attached hydrogens (tertiary/aromatic N) is 1. The predicted molar refractivity (Wildman–Crippen MR) is 164 cm³/mol. The van der Waals surface area contributed by atoms with E-state index in [2.05, 4.69) is 150 Å². The zero-order chi connectivity index (χ0) is 26.4. The molecule has 5 rings (SSSR count). The van der Waals surface area contributed by atoms with Gasteiger partial charge in [0.15, 0.2) is 0 Å². The first-order valence-corrected chi connectivity index (χ1v) is 13.1. The summed E-state index contributed by atoms with van der Waals surface area (Å²) < 4.78 is 0. The van der Waals surface area contributed by atoms with E-state index in [0.717, 1.165) is 11.3 Å². The molecule has 0 aliphatic rings. The van der Waals surface area contributed by atoms with Crippen molar-refractivity contribution in [2.24, 2.45) is 0 Å². The monoisotopic (exact) mass is 483 g/mol. The molecule has 0 fully saturated rings. The Bertz CT molecular complexity index is 1570. The van der Waals surface area contributed by atoms with Crippen LogP contribution in [0.5, 0.6) is 0 Å². The molecule has 0 saturated heterocycles. The topological polar surface area (TPSA) is 3.24 Å². The lowest BCUT2D eigenvalue weighted by Gasteiger charge is -2.32. The summed E-state index contributed by atoms with van der Waals surface area (Å²) >= 11 is 0. The molecule has 37 heavy (non-hydrogen) atoms. The smallest absolute Gasteiger partial charge is 0.0540 e. The molecule has 0 bridgehead atoms. The normalized spacial score (nSPS) is 12.2. The summed E-state index contributed by atoms with van der Waals surface area (Å²) in [5.74, 6) is 0. The third-order valence-electron chi connectivity index (χ3n) is 7.26. The molecule has 0 radical (unpaired) electrons. The van der Waals surface area contributed by atoms with Crippen LogP contribution in [0.2, 0.25) is 0 Å². The quantitative estimate of drug-likeness (QED) is 0.246. The molecular weight excluding hydrogens is 446 g/mol. The average Bonchev–Trinajstić information content (AvgIpc) is 2.87. The summed E-state index contributed by atoms with van der Waals surface area (Å²) in [4.78, 5) is 2.44. The van der Waals surface area contributed by atoms with Gasteiger partial charge in [-0.25, -0.2) is 0 Å². The van der Waals surface area contributed by atoms with E-state index in [1.165, 1.54) is 44.0 Å². The van der Waals surface area contributed by atoms with Gasteiger partial charge in [0, 0.05) is 16.8 Å². The molecule has 0 heterocycles. The van der Waals surface area contributed by atoms with Crippen molar-refractivity contribution in [1.29, 1.82) is 0 Å². The Balaban J connectivity index is 1.82. The lowest BCUT2D eigenvalue weighted by Crippen LogP contribution is -2.19. The van der Waals surface area contributed by atoms with Crippen LogP contribution >= 0.6 is 0 Å². The minimum Gasteiger partial charge on any atom is -0.310 e. The van der Waals surface area contributed by atoms with Crippen molar-refractivity contribution in [3.05, 3.63) is 120 Å². The largest absolute Gasteiger partial charge is 0.310 e. The van der Waals surface area contributed by atoms with E-state index in [1.54, 1.807) is 0 Å². The van der Waals surface area contributed by atoms with E-state index in [-0.39, 0.29) is 10.8 Å². The first-order chi connectivity index (χ1) is 17.5. The molecule has 0 atom stereocenters. The molecule has 0 N–H and O–H groups in total. The minimum absolute atomic E-state index is 0.0326. The maximum atomic E-state index is 3.94. The van der Waals surface area contributed by atoms with Crippen LogP contribution < -0.4 is 4.90 Å². The molecule has 1 heteroatoms. The lowest BCUT2D eigenvalue weighted by molar-refractivity contribution is 0.569. The van der Waals surface area contributed by atoms with Crippen molar-refractivity contribution in [3.8, 4) is 0 Å². The zero-order valence-electron chi connectivity index (χ0n) is 23.0. The number of hydrogen-bond acceptors (Lipinski definition) is 1. The molecule has 5 aromatic carbocycles. The molecule has 0 aromatic heterocycles. The Morgan fingerprint density at radius 3 is 1.86 bits per heavy atom. The van der Waals surface area contributed by atoms with Gasteiger partial charge in [0.25, 0.3) is 0 Å². The maximum Gasteiger partial charge on any atom is 0.0540 e. The van der Waals surface area contributed by atoms with Crippen LogP contribution in [0.1, 0.15) is 58.2 Å². The Kier molecular flexibility index (Phi) is 6.20. The van der Waals surface area contributed by atoms with Gasteiger partial charge in [-0.1, -0.05) is 115 Å². The third kappa shape index (κ3) is 4.91. The minimum atomic E-state index is 0.0326. The van der Waals surface area contributed by atoms with Crippen LogP contribution in [0.4, 0.5) is 17.1 Å². The molecule has 1 nitrogen and oxygen atoms in total. The van der Waals surface area contributed by atoms with Gasteiger partial charge in [0.2, 0.25) is 0 Å². The summed E-state index contributed by atoms with van der Waals surface area (Å²) in [6.07, 6.45) is 1.90. The number of anilines is 3. The fourth-order valence-corrected chi connectivity index (χ4v) is 4.95. The van der Waals surface area contributed by atoms with E-state index in [0.29, 0.717) is 0 Å². The Morgan fingerprint density at radius 2 is 1.19 bits per heavy atom. The number of hydrogen-bond donors (Lipinski definition) is 0. The Labute approximate surface area is 222 Å². The van der Waals surface area contributed by atoms with Crippen molar-refractivity contribution in [2.75, 3.05) is 4.90 Å². The molecule has 186 valence electrons. The zero-order valence-corrected chi connectivity index (χ0v) is 23.0. The highest BCUT2D eigenvalue weighted by molar-refractivity contribution is 6.00. The summed E-state index contributed by atoms with van der Waals surface area (Å²) in [6, 6.07) is 35.7. The van der Waals surface area contributed by atoms with Crippen LogP contribution in [-0.2, 0) is 10.8 Å². The van der Waals surface area contributed by atoms with Crippen molar-refractivity contribution < 1.29 is 0 Å². The lowest BCUT2D eigenvalue weighted by atomic mass is 9.80. The van der Waals surface area contributed by atoms with E-state index in [1.807, 2.05) is 6.08 Å². The Hall–Kier alpha value is -3.84.